The van der Waals surface area contributed by atoms with Crippen molar-refractivity contribution in [3.05, 3.63) is 11.8 Å². The van der Waals surface area contributed by atoms with E-state index in [1.165, 1.54) is 0 Å². The lowest BCUT2D eigenvalue weighted by Gasteiger charge is -2.24. The Balaban J connectivity index is 3.27. The fraction of sp³-hybridized carbons (Fsp3) is 0.583. The lowest BCUT2D eigenvalue weighted by Crippen LogP contribution is -2.25. The molecule has 0 fully saturated rings. The van der Waals surface area contributed by atoms with Gasteiger partial charge in [-0.1, -0.05) is 0 Å². The summed E-state index contributed by atoms with van der Waals surface area (Å²) >= 11 is 0. The van der Waals surface area contributed by atoms with Gasteiger partial charge in [-0.05, 0) is 34.6 Å². The first kappa shape index (κ1) is 12.4. The molecule has 1 aromatic rings. The van der Waals surface area contributed by atoms with Crippen LogP contribution < -0.4 is 10.5 Å². The van der Waals surface area contributed by atoms with Crippen LogP contribution in [0, 0.1) is 11.3 Å². The summed E-state index contributed by atoms with van der Waals surface area (Å²) in [6, 6.07) is 3.92. The van der Waals surface area contributed by atoms with E-state index < -0.39 is 0 Å². The second-order valence-electron chi connectivity index (χ2n) is 5.08. The zero-order valence-electron chi connectivity index (χ0n) is 10.5. The predicted molar refractivity (Wildman–Crippen MR) is 64.3 cm³/mol. The lowest BCUT2D eigenvalue weighted by atomic mass is 10.2. The topological polar surface area (TPSA) is 64.0 Å². The molecular formula is C12H19N3O. The van der Waals surface area contributed by atoms with Gasteiger partial charge >= 0.3 is 0 Å². The Labute approximate surface area is 96.6 Å². The zero-order chi connectivity index (χ0) is 12.5. The molecule has 0 radical (unpaired) electrons. The van der Waals surface area contributed by atoms with Crippen LogP contribution >= 0.6 is 0 Å². The molecule has 1 heterocycles. The number of hydrogen-bond acceptors (Lipinski definition) is 3. The van der Waals surface area contributed by atoms with Gasteiger partial charge in [-0.2, -0.15) is 5.26 Å². The van der Waals surface area contributed by atoms with Crippen LogP contribution in [0.15, 0.2) is 6.07 Å². The largest absolute Gasteiger partial charge is 0.472 e. The Hall–Kier alpha value is -1.63. The van der Waals surface area contributed by atoms with E-state index >= 15 is 0 Å². The fourth-order valence-electron chi connectivity index (χ4n) is 1.52. The predicted octanol–water partition coefficient (Wildman–Crippen LogP) is 2.70. The summed E-state index contributed by atoms with van der Waals surface area (Å²) in [6.45, 7) is 9.86. The smallest absolute Gasteiger partial charge is 0.219 e. The highest BCUT2D eigenvalue weighted by Gasteiger charge is 2.21. The van der Waals surface area contributed by atoms with E-state index in [2.05, 4.69) is 6.07 Å². The molecule has 0 bridgehead atoms. The van der Waals surface area contributed by atoms with Crippen LogP contribution in [-0.2, 0) is 0 Å². The molecule has 0 unspecified atom stereocenters. The van der Waals surface area contributed by atoms with E-state index in [0.717, 1.165) is 0 Å². The standard InChI is InChI=1S/C12H19N3O/c1-8(2)15-9(7-13)6-10(14)11(15)16-12(3,4)5/h6,8H,14H2,1-5H3. The average Bonchev–Trinajstić information content (AvgIpc) is 2.40. The maximum absolute atomic E-state index is 9.02. The summed E-state index contributed by atoms with van der Waals surface area (Å²) in [5.41, 5.74) is 6.59. The van der Waals surface area contributed by atoms with Gasteiger partial charge in [0, 0.05) is 12.1 Å². The summed E-state index contributed by atoms with van der Waals surface area (Å²) < 4.78 is 7.61. The highest BCUT2D eigenvalue weighted by Crippen LogP contribution is 2.32. The second-order valence-corrected chi connectivity index (χ2v) is 5.08. The van der Waals surface area contributed by atoms with Crippen molar-refractivity contribution in [1.82, 2.24) is 4.57 Å². The third kappa shape index (κ3) is 2.48. The molecule has 0 atom stereocenters. The summed E-state index contributed by atoms with van der Waals surface area (Å²) in [7, 11) is 0. The SMILES string of the molecule is CC(C)n1c(C#N)cc(N)c1OC(C)(C)C. The number of rotatable bonds is 2. The van der Waals surface area contributed by atoms with Gasteiger partial charge in [-0.3, -0.25) is 4.57 Å². The number of nitrogens with two attached hydrogens (primary N) is 1. The van der Waals surface area contributed by atoms with Crippen LogP contribution in [0.5, 0.6) is 5.88 Å². The Morgan fingerprint density at radius 1 is 1.44 bits per heavy atom. The molecule has 88 valence electrons. The van der Waals surface area contributed by atoms with Crippen molar-refractivity contribution in [2.45, 2.75) is 46.3 Å². The molecule has 0 aliphatic rings. The quantitative estimate of drug-likeness (QED) is 0.835. The molecule has 0 aliphatic heterocycles. The third-order valence-corrected chi connectivity index (χ3v) is 2.05. The van der Waals surface area contributed by atoms with Crippen molar-refractivity contribution in [3.8, 4) is 11.9 Å². The van der Waals surface area contributed by atoms with Crippen molar-refractivity contribution in [2.24, 2.45) is 0 Å². The van der Waals surface area contributed by atoms with Crippen molar-refractivity contribution in [1.29, 1.82) is 5.26 Å². The highest BCUT2D eigenvalue weighted by atomic mass is 16.5. The van der Waals surface area contributed by atoms with Crippen molar-refractivity contribution < 1.29 is 4.74 Å². The minimum absolute atomic E-state index is 0.143. The first-order chi connectivity index (χ1) is 7.26. The number of nitriles is 1. The van der Waals surface area contributed by atoms with Crippen LogP contribution in [0.4, 0.5) is 5.69 Å². The van der Waals surface area contributed by atoms with Gasteiger partial charge in [-0.25, -0.2) is 0 Å². The number of nitrogen functional groups attached to an aromatic ring is 1. The summed E-state index contributed by atoms with van der Waals surface area (Å²) in [5.74, 6) is 0.582. The fourth-order valence-corrected chi connectivity index (χ4v) is 1.52. The van der Waals surface area contributed by atoms with Crippen LogP contribution in [0.1, 0.15) is 46.4 Å². The highest BCUT2D eigenvalue weighted by molar-refractivity contribution is 5.55. The van der Waals surface area contributed by atoms with Gasteiger partial charge in [0.05, 0.1) is 5.69 Å². The molecule has 4 nitrogen and oxygen atoms in total. The van der Waals surface area contributed by atoms with Gasteiger partial charge in [0.15, 0.2) is 0 Å². The van der Waals surface area contributed by atoms with Crippen LogP contribution in [-0.4, -0.2) is 10.2 Å². The molecule has 0 amide bonds. The van der Waals surface area contributed by atoms with Crippen LogP contribution in [0.2, 0.25) is 0 Å². The lowest BCUT2D eigenvalue weighted by molar-refractivity contribution is 0.117. The molecule has 0 spiro atoms. The minimum atomic E-state index is -0.328. The number of hydrogen-bond donors (Lipinski definition) is 1. The summed E-state index contributed by atoms with van der Waals surface area (Å²) in [4.78, 5) is 0. The number of anilines is 1. The summed E-state index contributed by atoms with van der Waals surface area (Å²) in [6.07, 6.45) is 0. The molecule has 1 aromatic heterocycles. The molecule has 0 aromatic carbocycles. The Bertz CT molecular complexity index is 419. The molecule has 4 heteroatoms. The first-order valence-corrected chi connectivity index (χ1v) is 5.36. The van der Waals surface area contributed by atoms with Gasteiger partial charge in [0.2, 0.25) is 5.88 Å². The maximum Gasteiger partial charge on any atom is 0.219 e. The van der Waals surface area contributed by atoms with E-state index in [4.69, 9.17) is 15.7 Å². The van der Waals surface area contributed by atoms with E-state index in [0.29, 0.717) is 17.3 Å². The third-order valence-electron chi connectivity index (χ3n) is 2.05. The van der Waals surface area contributed by atoms with Gasteiger partial charge in [0.1, 0.15) is 17.4 Å². The maximum atomic E-state index is 9.02. The zero-order valence-corrected chi connectivity index (χ0v) is 10.5. The molecule has 1 rings (SSSR count). The normalized spacial score (nSPS) is 11.6. The average molecular weight is 221 g/mol. The molecular weight excluding hydrogens is 202 g/mol. The van der Waals surface area contributed by atoms with Crippen molar-refractivity contribution in [2.75, 3.05) is 5.73 Å². The minimum Gasteiger partial charge on any atom is -0.472 e. The molecule has 0 saturated carbocycles. The van der Waals surface area contributed by atoms with E-state index in [1.54, 1.807) is 6.07 Å². The van der Waals surface area contributed by atoms with Gasteiger partial charge in [-0.15, -0.1) is 0 Å². The molecule has 16 heavy (non-hydrogen) atoms. The Kier molecular flexibility index (Phi) is 3.18. The van der Waals surface area contributed by atoms with Gasteiger partial charge < -0.3 is 10.5 Å². The van der Waals surface area contributed by atoms with E-state index in [1.807, 2.05) is 39.2 Å². The number of ether oxygens (including phenoxy) is 1. The molecule has 0 saturated heterocycles. The summed E-state index contributed by atoms with van der Waals surface area (Å²) in [5, 5.41) is 9.02. The van der Waals surface area contributed by atoms with Crippen LogP contribution in [0.3, 0.4) is 0 Å². The number of nitrogens with zero attached hydrogens (tertiary/aromatic N) is 2. The van der Waals surface area contributed by atoms with Crippen LogP contribution in [0.25, 0.3) is 0 Å². The van der Waals surface area contributed by atoms with Crippen molar-refractivity contribution in [3.63, 3.8) is 0 Å². The van der Waals surface area contributed by atoms with E-state index in [9.17, 15) is 0 Å². The van der Waals surface area contributed by atoms with Gasteiger partial charge in [0.25, 0.3) is 0 Å². The second kappa shape index (κ2) is 4.09. The molecule has 2 N–H and O–H groups in total. The monoisotopic (exact) mass is 221 g/mol. The Morgan fingerprint density at radius 2 is 2.00 bits per heavy atom. The Morgan fingerprint density at radius 3 is 2.38 bits per heavy atom. The van der Waals surface area contributed by atoms with Crippen molar-refractivity contribution >= 4 is 5.69 Å². The molecule has 0 aliphatic carbocycles. The first-order valence-electron chi connectivity index (χ1n) is 5.36. The van der Waals surface area contributed by atoms with E-state index in [-0.39, 0.29) is 11.6 Å². The number of aromatic nitrogens is 1.